The summed E-state index contributed by atoms with van der Waals surface area (Å²) in [6, 6.07) is 5.94. The number of halogens is 2. The Morgan fingerprint density at radius 3 is 2.59 bits per heavy atom. The monoisotopic (exact) mass is 534 g/mol. The van der Waals surface area contributed by atoms with Crippen molar-refractivity contribution in [3.63, 3.8) is 0 Å². The van der Waals surface area contributed by atoms with Crippen LogP contribution in [0.1, 0.15) is 51.9 Å². The van der Waals surface area contributed by atoms with Crippen LogP contribution in [0, 0.1) is 11.6 Å². The molecule has 2 aliphatic heterocycles. The van der Waals surface area contributed by atoms with E-state index in [-0.39, 0.29) is 22.8 Å². The molecule has 0 aliphatic carbocycles. The molecule has 0 amide bonds. The fourth-order valence-corrected chi connectivity index (χ4v) is 5.74. The van der Waals surface area contributed by atoms with Gasteiger partial charge in [-0.25, -0.2) is 18.7 Å². The SMILES string of the molecule is CCc1c(F)ccc2cc(O)cc(-c3ncc4c(N5CCCC6(C5)OCCO6)nc(C(C)(C)C)nc4c3F)c12. The van der Waals surface area contributed by atoms with E-state index in [0.717, 1.165) is 12.8 Å². The average molecular weight is 535 g/mol. The van der Waals surface area contributed by atoms with Gasteiger partial charge in [-0.05, 0) is 47.4 Å². The number of hydrogen-bond donors (Lipinski definition) is 1. The van der Waals surface area contributed by atoms with Crippen LogP contribution in [-0.2, 0) is 21.3 Å². The van der Waals surface area contributed by atoms with Crippen LogP contribution in [0.15, 0.2) is 30.5 Å². The number of piperidine rings is 1. The summed E-state index contributed by atoms with van der Waals surface area (Å²) in [6.45, 7) is 10.1. The van der Waals surface area contributed by atoms with Crippen LogP contribution in [0.5, 0.6) is 5.75 Å². The molecule has 2 aliphatic rings. The van der Waals surface area contributed by atoms with Gasteiger partial charge in [0.25, 0.3) is 0 Å². The normalized spacial score (nSPS) is 17.5. The summed E-state index contributed by atoms with van der Waals surface area (Å²) in [5.41, 5.74) is 0.447. The molecule has 1 N–H and O–H groups in total. The van der Waals surface area contributed by atoms with Crippen LogP contribution in [0.25, 0.3) is 32.9 Å². The zero-order chi connectivity index (χ0) is 27.5. The van der Waals surface area contributed by atoms with Crippen LogP contribution < -0.4 is 4.90 Å². The fourth-order valence-electron chi connectivity index (χ4n) is 5.74. The first-order valence-electron chi connectivity index (χ1n) is 13.4. The highest BCUT2D eigenvalue weighted by molar-refractivity contribution is 6.01. The van der Waals surface area contributed by atoms with Crippen LogP contribution in [-0.4, -0.2) is 52.1 Å². The summed E-state index contributed by atoms with van der Waals surface area (Å²) in [4.78, 5) is 16.2. The minimum absolute atomic E-state index is 0.00535. The van der Waals surface area contributed by atoms with E-state index in [0.29, 0.717) is 71.7 Å². The van der Waals surface area contributed by atoms with Gasteiger partial charge in [0.1, 0.15) is 34.4 Å². The first-order chi connectivity index (χ1) is 18.6. The molecule has 4 aromatic rings. The summed E-state index contributed by atoms with van der Waals surface area (Å²) < 4.78 is 43.3. The molecule has 1 spiro atoms. The van der Waals surface area contributed by atoms with Crippen molar-refractivity contribution in [1.29, 1.82) is 0 Å². The van der Waals surface area contributed by atoms with Gasteiger partial charge in [0.2, 0.25) is 0 Å². The highest BCUT2D eigenvalue weighted by Gasteiger charge is 2.42. The lowest BCUT2D eigenvalue weighted by atomic mass is 9.94. The second-order valence-corrected chi connectivity index (χ2v) is 11.4. The number of hydrogen-bond acceptors (Lipinski definition) is 7. The van der Waals surface area contributed by atoms with E-state index in [1.165, 1.54) is 12.1 Å². The first-order valence-corrected chi connectivity index (χ1v) is 13.4. The molecule has 2 saturated heterocycles. The lowest BCUT2D eigenvalue weighted by Gasteiger charge is -2.39. The minimum atomic E-state index is -0.690. The minimum Gasteiger partial charge on any atom is -0.508 e. The molecule has 2 fully saturated rings. The van der Waals surface area contributed by atoms with Crippen molar-refractivity contribution in [2.24, 2.45) is 0 Å². The van der Waals surface area contributed by atoms with Crippen molar-refractivity contribution in [1.82, 2.24) is 15.0 Å². The number of aromatic hydroxyl groups is 1. The van der Waals surface area contributed by atoms with Gasteiger partial charge in [0.05, 0.1) is 25.1 Å². The number of ether oxygens (including phenoxy) is 2. The largest absolute Gasteiger partial charge is 0.508 e. The third kappa shape index (κ3) is 4.37. The lowest BCUT2D eigenvalue weighted by molar-refractivity contribution is -0.161. The molecule has 0 radical (unpaired) electrons. The van der Waals surface area contributed by atoms with Crippen LogP contribution >= 0.6 is 0 Å². The Hall–Kier alpha value is -3.43. The van der Waals surface area contributed by atoms with Crippen molar-refractivity contribution < 1.29 is 23.4 Å². The van der Waals surface area contributed by atoms with Crippen molar-refractivity contribution in [3.05, 3.63) is 53.5 Å². The van der Waals surface area contributed by atoms with E-state index in [1.807, 2.05) is 27.7 Å². The molecule has 2 aromatic carbocycles. The molecule has 7 nitrogen and oxygen atoms in total. The Morgan fingerprint density at radius 2 is 1.87 bits per heavy atom. The number of phenols is 1. The number of anilines is 1. The molecular weight excluding hydrogens is 502 g/mol. The third-order valence-corrected chi connectivity index (χ3v) is 7.63. The summed E-state index contributed by atoms with van der Waals surface area (Å²) >= 11 is 0. The Labute approximate surface area is 225 Å². The molecule has 2 aromatic heterocycles. The molecule has 4 heterocycles. The van der Waals surface area contributed by atoms with E-state index in [4.69, 9.17) is 14.5 Å². The van der Waals surface area contributed by atoms with E-state index in [9.17, 15) is 9.50 Å². The highest BCUT2D eigenvalue weighted by Crippen LogP contribution is 2.40. The zero-order valence-corrected chi connectivity index (χ0v) is 22.6. The molecule has 6 rings (SSSR count). The predicted molar refractivity (Wildman–Crippen MR) is 146 cm³/mol. The number of aryl methyl sites for hydroxylation is 1. The van der Waals surface area contributed by atoms with Gasteiger partial charge >= 0.3 is 0 Å². The van der Waals surface area contributed by atoms with Gasteiger partial charge < -0.3 is 19.5 Å². The summed E-state index contributed by atoms with van der Waals surface area (Å²) in [7, 11) is 0. The van der Waals surface area contributed by atoms with Gasteiger partial charge in [0.15, 0.2) is 11.6 Å². The molecule has 9 heteroatoms. The van der Waals surface area contributed by atoms with Crippen molar-refractivity contribution >= 4 is 27.5 Å². The second kappa shape index (κ2) is 9.34. The lowest BCUT2D eigenvalue weighted by Crippen LogP contribution is -2.49. The van der Waals surface area contributed by atoms with Crippen molar-refractivity contribution in [2.45, 2.75) is 58.2 Å². The van der Waals surface area contributed by atoms with Crippen LogP contribution in [0.2, 0.25) is 0 Å². The van der Waals surface area contributed by atoms with Gasteiger partial charge in [-0.3, -0.25) is 4.98 Å². The zero-order valence-electron chi connectivity index (χ0n) is 22.6. The van der Waals surface area contributed by atoms with E-state index in [1.54, 1.807) is 18.3 Å². The van der Waals surface area contributed by atoms with Gasteiger partial charge in [-0.15, -0.1) is 0 Å². The Morgan fingerprint density at radius 1 is 1.10 bits per heavy atom. The molecule has 0 saturated carbocycles. The average Bonchev–Trinajstić information content (AvgIpc) is 3.34. The maximum absolute atomic E-state index is 16.6. The number of fused-ring (bicyclic) bond motifs is 2. The maximum atomic E-state index is 16.6. The van der Waals surface area contributed by atoms with Crippen molar-refractivity contribution in [3.8, 4) is 17.0 Å². The number of benzene rings is 2. The number of pyridine rings is 1. The Bertz CT molecular complexity index is 1600. The summed E-state index contributed by atoms with van der Waals surface area (Å²) in [6.07, 6.45) is 3.60. The van der Waals surface area contributed by atoms with E-state index < -0.39 is 17.0 Å². The van der Waals surface area contributed by atoms with Crippen molar-refractivity contribution in [2.75, 3.05) is 31.2 Å². The van der Waals surface area contributed by atoms with Crippen LogP contribution in [0.3, 0.4) is 0 Å². The fraction of sp³-hybridized carbons (Fsp3) is 0.433. The quantitative estimate of drug-likeness (QED) is 0.344. The number of phenolic OH excluding ortho intramolecular Hbond substituents is 1. The molecule has 39 heavy (non-hydrogen) atoms. The van der Waals surface area contributed by atoms with Gasteiger partial charge in [-0.2, -0.15) is 0 Å². The second-order valence-electron chi connectivity index (χ2n) is 11.4. The molecule has 0 bridgehead atoms. The van der Waals surface area contributed by atoms with Gasteiger partial charge in [-0.1, -0.05) is 33.8 Å². The maximum Gasteiger partial charge on any atom is 0.186 e. The third-order valence-electron chi connectivity index (χ3n) is 7.63. The standard InChI is InChI=1S/C30H32F2N4O3/c1-5-19-22(31)8-7-17-13-18(37)14-20(23(17)19)25-24(32)26-21(15-33-25)27(35-28(34-26)29(2,3)4)36-10-6-9-30(16-36)38-11-12-39-30/h7-8,13-15,37H,5-6,9-12,16H2,1-4H3. The summed E-state index contributed by atoms with van der Waals surface area (Å²) in [5.74, 6) is -0.684. The smallest absolute Gasteiger partial charge is 0.186 e. The predicted octanol–water partition coefficient (Wildman–Crippen LogP) is 6.03. The molecule has 0 unspecified atom stereocenters. The summed E-state index contributed by atoms with van der Waals surface area (Å²) in [5, 5.41) is 12.1. The number of aromatic nitrogens is 3. The number of rotatable bonds is 3. The first kappa shape index (κ1) is 25.8. The number of nitrogens with zero attached hydrogens (tertiary/aromatic N) is 4. The highest BCUT2D eigenvalue weighted by atomic mass is 19.1. The Balaban J connectivity index is 1.59. The molecule has 0 atom stereocenters. The van der Waals surface area contributed by atoms with Gasteiger partial charge in [0, 0.05) is 30.1 Å². The molecular formula is C30H32F2N4O3. The van der Waals surface area contributed by atoms with E-state index in [2.05, 4.69) is 14.9 Å². The molecule has 204 valence electrons. The van der Waals surface area contributed by atoms with Crippen LogP contribution in [0.4, 0.5) is 14.6 Å². The van der Waals surface area contributed by atoms with E-state index >= 15 is 4.39 Å². The topological polar surface area (TPSA) is 80.6 Å². The Kier molecular flexibility index (Phi) is 6.19.